The fourth-order valence-electron chi connectivity index (χ4n) is 2.67. The van der Waals surface area contributed by atoms with Crippen LogP contribution in [0.2, 0.25) is 0 Å². The molecule has 0 radical (unpaired) electrons. The third-order valence-corrected chi connectivity index (χ3v) is 5.63. The first-order chi connectivity index (χ1) is 8.79. The average molecular weight is 281 g/mol. The number of nitrogens with zero attached hydrogens (tertiary/aromatic N) is 1. The number of likely N-dealkylation sites (tertiary alicyclic amines) is 1. The second-order valence-electron chi connectivity index (χ2n) is 6.56. The van der Waals surface area contributed by atoms with Gasteiger partial charge < -0.3 is 4.90 Å². The summed E-state index contributed by atoms with van der Waals surface area (Å²) in [6, 6.07) is 8.81. The normalized spacial score (nSPS) is 21.7. The van der Waals surface area contributed by atoms with Gasteiger partial charge in [-0.15, -0.1) is 0 Å². The van der Waals surface area contributed by atoms with Crippen molar-refractivity contribution in [2.24, 2.45) is 5.41 Å². The highest BCUT2D eigenvalue weighted by Crippen LogP contribution is 2.26. The van der Waals surface area contributed by atoms with Crippen LogP contribution in [-0.4, -0.2) is 38.2 Å². The molecule has 0 N–H and O–H groups in total. The van der Waals surface area contributed by atoms with E-state index in [2.05, 4.69) is 25.7 Å². The zero-order valence-corrected chi connectivity index (χ0v) is 12.8. The number of rotatable bonds is 3. The minimum absolute atomic E-state index is 0.214. The molecule has 106 valence electrons. The maximum atomic E-state index is 12.5. The van der Waals surface area contributed by atoms with E-state index in [1.807, 2.05) is 6.07 Å². The number of benzene rings is 1. The molecule has 0 amide bonds. The van der Waals surface area contributed by atoms with Gasteiger partial charge in [0.15, 0.2) is 9.84 Å². The molecule has 1 aliphatic heterocycles. The van der Waals surface area contributed by atoms with Gasteiger partial charge in [-0.05, 0) is 30.5 Å². The molecule has 1 fully saturated rings. The van der Waals surface area contributed by atoms with Crippen LogP contribution in [0.15, 0.2) is 35.2 Å². The Kier molecular flexibility index (Phi) is 4.02. The number of hydrogen-bond donors (Lipinski definition) is 0. The molecule has 1 saturated heterocycles. The molecule has 1 atom stereocenters. The van der Waals surface area contributed by atoms with Gasteiger partial charge in [0.1, 0.15) is 0 Å². The maximum Gasteiger partial charge on any atom is 0.182 e. The predicted octanol–water partition coefficient (Wildman–Crippen LogP) is 2.58. The van der Waals surface area contributed by atoms with Crippen LogP contribution < -0.4 is 0 Å². The third kappa shape index (κ3) is 3.57. The quantitative estimate of drug-likeness (QED) is 0.854. The molecule has 0 bridgehead atoms. The van der Waals surface area contributed by atoms with Gasteiger partial charge in [-0.3, -0.25) is 0 Å². The van der Waals surface area contributed by atoms with E-state index in [1.165, 1.54) is 0 Å². The highest BCUT2D eigenvalue weighted by Gasteiger charge is 2.35. The van der Waals surface area contributed by atoms with Gasteiger partial charge in [0.2, 0.25) is 0 Å². The van der Waals surface area contributed by atoms with Crippen LogP contribution in [0, 0.1) is 5.41 Å². The molecule has 1 heterocycles. The summed E-state index contributed by atoms with van der Waals surface area (Å²) in [5.41, 5.74) is 0.214. The van der Waals surface area contributed by atoms with Crippen molar-refractivity contribution in [1.82, 2.24) is 4.90 Å². The van der Waals surface area contributed by atoms with Crippen molar-refractivity contribution in [3.05, 3.63) is 30.3 Å². The monoisotopic (exact) mass is 281 g/mol. The molecule has 2 rings (SSSR count). The fourth-order valence-corrected chi connectivity index (χ4v) is 4.41. The lowest BCUT2D eigenvalue weighted by Crippen LogP contribution is -2.33. The summed E-state index contributed by atoms with van der Waals surface area (Å²) < 4.78 is 25.0. The van der Waals surface area contributed by atoms with E-state index in [1.54, 1.807) is 24.3 Å². The largest absolute Gasteiger partial charge is 0.301 e. The van der Waals surface area contributed by atoms with Gasteiger partial charge in [-0.25, -0.2) is 8.42 Å². The van der Waals surface area contributed by atoms with Gasteiger partial charge in [0.25, 0.3) is 0 Å². The van der Waals surface area contributed by atoms with Crippen molar-refractivity contribution in [2.75, 3.05) is 19.6 Å². The molecule has 0 unspecified atom stereocenters. The van der Waals surface area contributed by atoms with Gasteiger partial charge >= 0.3 is 0 Å². The smallest absolute Gasteiger partial charge is 0.182 e. The third-order valence-electron chi connectivity index (χ3n) is 3.44. The first kappa shape index (κ1) is 14.5. The fraction of sp³-hybridized carbons (Fsp3) is 0.600. The second-order valence-corrected chi connectivity index (χ2v) is 8.79. The lowest BCUT2D eigenvalue weighted by molar-refractivity contribution is 0.227. The van der Waals surface area contributed by atoms with E-state index in [0.717, 1.165) is 19.5 Å². The van der Waals surface area contributed by atoms with E-state index in [4.69, 9.17) is 0 Å². The minimum Gasteiger partial charge on any atom is -0.301 e. The molecule has 0 aliphatic carbocycles. The summed E-state index contributed by atoms with van der Waals surface area (Å²) in [6.07, 6.45) is 0.743. The number of sulfone groups is 1. The van der Waals surface area contributed by atoms with Crippen LogP contribution in [0.3, 0.4) is 0 Å². The number of hydrogen-bond acceptors (Lipinski definition) is 3. The van der Waals surface area contributed by atoms with Crippen molar-refractivity contribution < 1.29 is 8.42 Å². The second kappa shape index (κ2) is 5.25. The van der Waals surface area contributed by atoms with Crippen molar-refractivity contribution in [1.29, 1.82) is 0 Å². The molecule has 19 heavy (non-hydrogen) atoms. The average Bonchev–Trinajstić information content (AvgIpc) is 2.77. The van der Waals surface area contributed by atoms with Crippen LogP contribution in [0.1, 0.15) is 27.2 Å². The van der Waals surface area contributed by atoms with Gasteiger partial charge in [-0.1, -0.05) is 39.0 Å². The summed E-state index contributed by atoms with van der Waals surface area (Å²) in [5, 5.41) is -0.253. The van der Waals surface area contributed by atoms with Crippen molar-refractivity contribution in [2.45, 2.75) is 37.3 Å². The van der Waals surface area contributed by atoms with Crippen LogP contribution in [-0.2, 0) is 9.84 Å². The summed E-state index contributed by atoms with van der Waals surface area (Å²) in [7, 11) is -3.17. The Balaban J connectivity index is 2.09. The zero-order valence-electron chi connectivity index (χ0n) is 12.0. The zero-order chi connectivity index (χ0) is 14.1. The Bertz CT molecular complexity index is 517. The molecule has 1 aromatic rings. The van der Waals surface area contributed by atoms with Crippen molar-refractivity contribution in [3.63, 3.8) is 0 Å². The molecule has 1 aliphatic rings. The lowest BCUT2D eigenvalue weighted by atomic mass is 9.96. The molecule has 1 aromatic carbocycles. The van der Waals surface area contributed by atoms with Gasteiger partial charge in [-0.2, -0.15) is 0 Å². The molecule has 0 aromatic heterocycles. The highest BCUT2D eigenvalue weighted by atomic mass is 32.2. The SMILES string of the molecule is CC(C)(C)CN1CC[C@@H](S(=O)(=O)c2ccccc2)C1. The van der Waals surface area contributed by atoms with Gasteiger partial charge in [0.05, 0.1) is 10.1 Å². The molecular weight excluding hydrogens is 258 g/mol. The Hall–Kier alpha value is -0.870. The van der Waals surface area contributed by atoms with Crippen LogP contribution in [0.4, 0.5) is 0 Å². The van der Waals surface area contributed by atoms with Crippen LogP contribution in [0.25, 0.3) is 0 Å². The van der Waals surface area contributed by atoms with Crippen molar-refractivity contribution in [3.8, 4) is 0 Å². The molecule has 0 saturated carbocycles. The molecule has 3 nitrogen and oxygen atoms in total. The van der Waals surface area contributed by atoms with E-state index < -0.39 is 9.84 Å². The molecule has 4 heteroatoms. The Morgan fingerprint density at radius 2 is 1.84 bits per heavy atom. The van der Waals surface area contributed by atoms with E-state index in [-0.39, 0.29) is 10.7 Å². The summed E-state index contributed by atoms with van der Waals surface area (Å²) in [4.78, 5) is 2.73. The highest BCUT2D eigenvalue weighted by molar-refractivity contribution is 7.92. The Morgan fingerprint density at radius 1 is 1.21 bits per heavy atom. The topological polar surface area (TPSA) is 37.4 Å². The molecule has 0 spiro atoms. The van der Waals surface area contributed by atoms with E-state index >= 15 is 0 Å². The Labute approximate surface area is 116 Å². The summed E-state index contributed by atoms with van der Waals surface area (Å²) in [6.45, 7) is 9.06. The Morgan fingerprint density at radius 3 is 2.42 bits per heavy atom. The van der Waals surface area contributed by atoms with E-state index in [0.29, 0.717) is 11.4 Å². The predicted molar refractivity (Wildman–Crippen MR) is 77.9 cm³/mol. The first-order valence-corrected chi connectivity index (χ1v) is 8.35. The summed E-state index contributed by atoms with van der Waals surface area (Å²) >= 11 is 0. The lowest BCUT2D eigenvalue weighted by Gasteiger charge is -2.26. The first-order valence-electron chi connectivity index (χ1n) is 6.80. The minimum atomic E-state index is -3.17. The van der Waals surface area contributed by atoms with Crippen LogP contribution in [0.5, 0.6) is 0 Å². The van der Waals surface area contributed by atoms with Crippen LogP contribution >= 0.6 is 0 Å². The summed E-state index contributed by atoms with van der Waals surface area (Å²) in [5.74, 6) is 0. The van der Waals surface area contributed by atoms with Crippen molar-refractivity contribution >= 4 is 9.84 Å². The standard InChI is InChI=1S/C15H23NO2S/c1-15(2,3)12-16-10-9-14(11-16)19(17,18)13-7-5-4-6-8-13/h4-8,14H,9-12H2,1-3H3/t14-/m1/s1. The van der Waals surface area contributed by atoms with E-state index in [9.17, 15) is 8.42 Å². The van der Waals surface area contributed by atoms with Gasteiger partial charge in [0, 0.05) is 13.1 Å². The molecular formula is C15H23NO2S. The maximum absolute atomic E-state index is 12.5.